The minimum Gasteiger partial charge on any atom is -0.502 e. The van der Waals surface area contributed by atoms with Gasteiger partial charge in [-0.05, 0) is 0 Å². The second-order valence-corrected chi connectivity index (χ2v) is 1.08. The molecule has 0 atom stereocenters. The first kappa shape index (κ1) is 4.18. The van der Waals surface area contributed by atoms with Crippen molar-refractivity contribution >= 4 is 0 Å². The summed E-state index contributed by atoms with van der Waals surface area (Å²) >= 11 is 0. The predicted molar refractivity (Wildman–Crippen MR) is 20.3 cm³/mol. The molecule has 0 unspecified atom stereocenters. The number of halogens is 1. The molecule has 0 aliphatic carbocycles. The molecule has 0 aliphatic rings. The van der Waals surface area contributed by atoms with Crippen LogP contribution in [-0.2, 0) is 0 Å². The van der Waals surface area contributed by atoms with Gasteiger partial charge in [-0.1, -0.05) is 0 Å². The SMILES string of the molecule is Oc1ccoc1F. The van der Waals surface area contributed by atoms with E-state index in [4.69, 9.17) is 5.11 Å². The molecule has 1 N–H and O–H groups in total. The average Bonchev–Trinajstić information content (AvgIpc) is 1.91. The van der Waals surface area contributed by atoms with Crippen LogP contribution in [0.4, 0.5) is 4.39 Å². The van der Waals surface area contributed by atoms with Gasteiger partial charge in [-0.3, -0.25) is 0 Å². The predicted octanol–water partition coefficient (Wildman–Crippen LogP) is 1.12. The lowest BCUT2D eigenvalue weighted by molar-refractivity contribution is 0.320. The van der Waals surface area contributed by atoms with Crippen molar-refractivity contribution in [2.45, 2.75) is 0 Å². The lowest BCUT2D eigenvalue weighted by Crippen LogP contribution is -1.58. The van der Waals surface area contributed by atoms with Crippen molar-refractivity contribution in [2.75, 3.05) is 0 Å². The molecule has 0 saturated carbocycles. The molecule has 0 fully saturated rings. The summed E-state index contributed by atoms with van der Waals surface area (Å²) in [5.74, 6) is -0.444. The van der Waals surface area contributed by atoms with Gasteiger partial charge in [0.1, 0.15) is 0 Å². The molecule has 1 rings (SSSR count). The molecule has 0 amide bonds. The van der Waals surface area contributed by atoms with E-state index in [-0.39, 0.29) is 0 Å². The Balaban J connectivity index is 3.12. The van der Waals surface area contributed by atoms with Crippen LogP contribution in [-0.4, -0.2) is 5.11 Å². The highest BCUT2D eigenvalue weighted by Crippen LogP contribution is 2.13. The summed E-state index contributed by atoms with van der Waals surface area (Å²) in [7, 11) is 0. The fourth-order valence-electron chi connectivity index (χ4n) is 0.284. The van der Waals surface area contributed by atoms with Crippen molar-refractivity contribution in [2.24, 2.45) is 0 Å². The monoisotopic (exact) mass is 102 g/mol. The van der Waals surface area contributed by atoms with Gasteiger partial charge in [-0.25, -0.2) is 0 Å². The normalized spacial score (nSPS) is 9.29. The van der Waals surface area contributed by atoms with Gasteiger partial charge in [-0.15, -0.1) is 0 Å². The minimum atomic E-state index is -0.931. The maximum Gasteiger partial charge on any atom is 0.320 e. The van der Waals surface area contributed by atoms with Gasteiger partial charge >= 0.3 is 6.01 Å². The van der Waals surface area contributed by atoms with Crippen molar-refractivity contribution in [3.05, 3.63) is 18.3 Å². The Hall–Kier alpha value is -0.990. The fraction of sp³-hybridized carbons (Fsp3) is 0. The number of hydrogen-bond donors (Lipinski definition) is 1. The van der Waals surface area contributed by atoms with Crippen LogP contribution in [0, 0.1) is 6.01 Å². The molecular formula is C4H3FO2. The molecule has 0 aromatic carbocycles. The number of furan rings is 1. The summed E-state index contributed by atoms with van der Waals surface area (Å²) < 4.78 is 15.7. The van der Waals surface area contributed by atoms with E-state index in [0.29, 0.717) is 0 Å². The highest BCUT2D eigenvalue weighted by molar-refractivity contribution is 5.11. The fourth-order valence-corrected chi connectivity index (χ4v) is 0.284. The van der Waals surface area contributed by atoms with E-state index in [0.717, 1.165) is 12.3 Å². The Morgan fingerprint density at radius 3 is 2.57 bits per heavy atom. The van der Waals surface area contributed by atoms with Gasteiger partial charge in [-0.2, -0.15) is 4.39 Å². The number of rotatable bonds is 0. The quantitative estimate of drug-likeness (QED) is 0.532. The Morgan fingerprint density at radius 2 is 2.43 bits per heavy atom. The summed E-state index contributed by atoms with van der Waals surface area (Å²) in [4.78, 5) is 0. The Bertz CT molecular complexity index is 142. The van der Waals surface area contributed by atoms with Crippen LogP contribution in [0.1, 0.15) is 0 Å². The maximum absolute atomic E-state index is 11.7. The van der Waals surface area contributed by atoms with Crippen LogP contribution >= 0.6 is 0 Å². The van der Waals surface area contributed by atoms with Gasteiger partial charge in [0.15, 0.2) is 5.75 Å². The summed E-state index contributed by atoms with van der Waals surface area (Å²) in [6.45, 7) is 0. The molecule has 38 valence electrons. The third-order valence-electron chi connectivity index (χ3n) is 0.599. The molecule has 7 heavy (non-hydrogen) atoms. The second-order valence-electron chi connectivity index (χ2n) is 1.08. The molecule has 0 aliphatic heterocycles. The average molecular weight is 102 g/mol. The largest absolute Gasteiger partial charge is 0.502 e. The first-order valence-corrected chi connectivity index (χ1v) is 1.72. The Labute approximate surface area is 39.2 Å². The molecular weight excluding hydrogens is 99.0 g/mol. The summed E-state index contributed by atoms with van der Waals surface area (Å²) in [6.07, 6.45) is 1.07. The maximum atomic E-state index is 11.7. The van der Waals surface area contributed by atoms with E-state index in [1.165, 1.54) is 0 Å². The number of hydrogen-bond acceptors (Lipinski definition) is 2. The zero-order chi connectivity index (χ0) is 5.28. The van der Waals surface area contributed by atoms with Crippen LogP contribution < -0.4 is 0 Å². The van der Waals surface area contributed by atoms with E-state index < -0.39 is 11.8 Å². The molecule has 1 heterocycles. The standard InChI is InChI=1S/C4H3FO2/c5-4-3(6)1-2-7-4/h1-2,6H. The van der Waals surface area contributed by atoms with Crippen molar-refractivity contribution in [3.63, 3.8) is 0 Å². The third-order valence-corrected chi connectivity index (χ3v) is 0.599. The van der Waals surface area contributed by atoms with E-state index in [9.17, 15) is 4.39 Å². The summed E-state index contributed by atoms with van der Waals surface area (Å²) in [5.41, 5.74) is 0. The van der Waals surface area contributed by atoms with Crippen LogP contribution in [0.25, 0.3) is 0 Å². The van der Waals surface area contributed by atoms with Crippen LogP contribution in [0.2, 0.25) is 0 Å². The van der Waals surface area contributed by atoms with E-state index in [1.54, 1.807) is 0 Å². The Kier molecular flexibility index (Phi) is 0.749. The highest BCUT2D eigenvalue weighted by atomic mass is 19.1. The molecule has 2 nitrogen and oxygen atoms in total. The zero-order valence-corrected chi connectivity index (χ0v) is 3.39. The van der Waals surface area contributed by atoms with E-state index >= 15 is 0 Å². The second kappa shape index (κ2) is 1.26. The van der Waals surface area contributed by atoms with Crippen molar-refractivity contribution < 1.29 is 13.9 Å². The lowest BCUT2D eigenvalue weighted by Gasteiger charge is -1.74. The van der Waals surface area contributed by atoms with Crippen molar-refractivity contribution in [3.8, 4) is 5.75 Å². The van der Waals surface area contributed by atoms with Crippen molar-refractivity contribution in [1.82, 2.24) is 0 Å². The van der Waals surface area contributed by atoms with E-state index in [2.05, 4.69) is 4.42 Å². The molecule has 0 radical (unpaired) electrons. The topological polar surface area (TPSA) is 33.4 Å². The van der Waals surface area contributed by atoms with Gasteiger partial charge in [0, 0.05) is 6.07 Å². The van der Waals surface area contributed by atoms with Crippen LogP contribution in [0.5, 0.6) is 5.75 Å². The molecule has 0 bridgehead atoms. The van der Waals surface area contributed by atoms with Crippen LogP contribution in [0.15, 0.2) is 16.7 Å². The number of aromatic hydroxyl groups is 1. The van der Waals surface area contributed by atoms with Gasteiger partial charge in [0.25, 0.3) is 0 Å². The zero-order valence-electron chi connectivity index (χ0n) is 3.39. The van der Waals surface area contributed by atoms with Crippen molar-refractivity contribution in [1.29, 1.82) is 0 Å². The molecule has 0 saturated heterocycles. The first-order valence-electron chi connectivity index (χ1n) is 1.72. The lowest BCUT2D eigenvalue weighted by atomic mass is 10.6. The molecule has 3 heteroatoms. The molecule has 1 aromatic heterocycles. The first-order chi connectivity index (χ1) is 3.30. The van der Waals surface area contributed by atoms with Gasteiger partial charge in [0.2, 0.25) is 0 Å². The smallest absolute Gasteiger partial charge is 0.320 e. The molecule has 0 spiro atoms. The van der Waals surface area contributed by atoms with Gasteiger partial charge in [0.05, 0.1) is 6.26 Å². The molecule has 1 aromatic rings. The highest BCUT2D eigenvalue weighted by Gasteiger charge is 1.98. The summed E-state index contributed by atoms with van der Waals surface area (Å²) in [6, 6.07) is 0.204. The third kappa shape index (κ3) is 0.559. The minimum absolute atomic E-state index is 0.444. The van der Waals surface area contributed by atoms with Crippen LogP contribution in [0.3, 0.4) is 0 Å². The van der Waals surface area contributed by atoms with Gasteiger partial charge < -0.3 is 9.52 Å². The Morgan fingerprint density at radius 1 is 1.71 bits per heavy atom. The van der Waals surface area contributed by atoms with E-state index in [1.807, 2.05) is 0 Å². The summed E-state index contributed by atoms with van der Waals surface area (Å²) in [5, 5.41) is 8.29.